The van der Waals surface area contributed by atoms with Gasteiger partial charge in [-0.1, -0.05) is 0 Å². The van der Waals surface area contributed by atoms with Crippen LogP contribution in [0.1, 0.15) is 25.6 Å². The Morgan fingerprint density at radius 2 is 2.20 bits per heavy atom. The van der Waals surface area contributed by atoms with Gasteiger partial charge in [0.05, 0.1) is 13.1 Å². The second kappa shape index (κ2) is 5.45. The summed E-state index contributed by atoms with van der Waals surface area (Å²) in [4.78, 5) is 11.2. The summed E-state index contributed by atoms with van der Waals surface area (Å²) in [5.41, 5.74) is 0. The lowest BCUT2D eigenvalue weighted by Gasteiger charge is -2.07. The van der Waals surface area contributed by atoms with E-state index in [1.165, 1.54) is 0 Å². The van der Waals surface area contributed by atoms with Crippen molar-refractivity contribution in [3.63, 3.8) is 0 Å². The molecule has 0 bridgehead atoms. The molecule has 6 heteroatoms. The number of rotatable bonds is 5. The Kier molecular flexibility index (Phi) is 4.23. The molecule has 0 saturated heterocycles. The highest BCUT2D eigenvalue weighted by molar-refractivity contribution is 5.78. The zero-order valence-electron chi connectivity index (χ0n) is 9.20. The summed E-state index contributed by atoms with van der Waals surface area (Å²) in [6, 6.07) is 0.157. The molecule has 15 heavy (non-hydrogen) atoms. The minimum absolute atomic E-state index is 0.0405. The zero-order chi connectivity index (χ0) is 11.3. The fourth-order valence-corrected chi connectivity index (χ4v) is 1.06. The second-order valence-corrected chi connectivity index (χ2v) is 3.54. The van der Waals surface area contributed by atoms with E-state index in [2.05, 4.69) is 20.8 Å². The molecule has 6 nitrogen and oxygen atoms in total. The topological polar surface area (TPSA) is 80.0 Å². The summed E-state index contributed by atoms with van der Waals surface area (Å²) in [7, 11) is 0. The molecule has 0 aliphatic carbocycles. The first-order valence-corrected chi connectivity index (χ1v) is 4.87. The Morgan fingerprint density at radius 3 is 2.73 bits per heavy atom. The molecule has 0 unspecified atom stereocenters. The van der Waals surface area contributed by atoms with Crippen molar-refractivity contribution < 1.29 is 9.21 Å². The minimum Gasteiger partial charge on any atom is -0.424 e. The third-order valence-corrected chi connectivity index (χ3v) is 1.58. The van der Waals surface area contributed by atoms with Crippen LogP contribution in [-0.2, 0) is 11.3 Å². The van der Waals surface area contributed by atoms with Crippen molar-refractivity contribution in [3.05, 3.63) is 11.8 Å². The smallest absolute Gasteiger partial charge is 0.234 e. The second-order valence-electron chi connectivity index (χ2n) is 3.54. The van der Waals surface area contributed by atoms with E-state index in [1.807, 2.05) is 13.8 Å². The van der Waals surface area contributed by atoms with E-state index in [4.69, 9.17) is 4.42 Å². The number of carbonyl (C=O) groups is 1. The van der Waals surface area contributed by atoms with E-state index < -0.39 is 0 Å². The van der Waals surface area contributed by atoms with Crippen molar-refractivity contribution in [2.75, 3.05) is 6.54 Å². The average Bonchev–Trinajstić information content (AvgIpc) is 2.50. The maximum atomic E-state index is 11.2. The molecule has 0 aromatic carbocycles. The third-order valence-electron chi connectivity index (χ3n) is 1.58. The molecule has 0 saturated carbocycles. The molecule has 0 aliphatic heterocycles. The molecule has 0 atom stereocenters. The molecule has 0 spiro atoms. The summed E-state index contributed by atoms with van der Waals surface area (Å²) >= 11 is 0. The largest absolute Gasteiger partial charge is 0.424 e. The van der Waals surface area contributed by atoms with Crippen molar-refractivity contribution in [2.24, 2.45) is 0 Å². The first-order chi connectivity index (χ1) is 7.08. The van der Waals surface area contributed by atoms with Gasteiger partial charge in [0, 0.05) is 13.0 Å². The number of nitrogens with one attached hydrogen (secondary N) is 2. The highest BCUT2D eigenvalue weighted by atomic mass is 16.4. The molecular formula is C9H16N4O2. The molecule has 1 aromatic heterocycles. The molecule has 0 aliphatic rings. The summed E-state index contributed by atoms with van der Waals surface area (Å²) in [6.45, 7) is 6.21. The average molecular weight is 212 g/mol. The molecular weight excluding hydrogens is 196 g/mol. The Balaban J connectivity index is 2.19. The number of nitrogens with zero attached hydrogens (tertiary/aromatic N) is 2. The van der Waals surface area contributed by atoms with E-state index in [0.29, 0.717) is 18.3 Å². The van der Waals surface area contributed by atoms with Gasteiger partial charge in [-0.15, -0.1) is 10.2 Å². The molecule has 1 rings (SSSR count). The van der Waals surface area contributed by atoms with Crippen molar-refractivity contribution in [2.45, 2.75) is 33.4 Å². The fraction of sp³-hybridized carbons (Fsp3) is 0.667. The van der Waals surface area contributed by atoms with Gasteiger partial charge in [0.2, 0.25) is 17.7 Å². The molecule has 0 radical (unpaired) electrons. The van der Waals surface area contributed by atoms with Crippen LogP contribution < -0.4 is 10.6 Å². The number of aryl methyl sites for hydroxylation is 1. The maximum Gasteiger partial charge on any atom is 0.234 e. The van der Waals surface area contributed by atoms with E-state index >= 15 is 0 Å². The highest BCUT2D eigenvalue weighted by Crippen LogP contribution is 1.95. The van der Waals surface area contributed by atoms with Gasteiger partial charge in [0.15, 0.2) is 0 Å². The number of hydrogen-bond donors (Lipinski definition) is 2. The lowest BCUT2D eigenvalue weighted by atomic mass is 10.4. The van der Waals surface area contributed by atoms with Gasteiger partial charge < -0.3 is 9.73 Å². The highest BCUT2D eigenvalue weighted by Gasteiger charge is 2.04. The van der Waals surface area contributed by atoms with Gasteiger partial charge in [0.25, 0.3) is 0 Å². The maximum absolute atomic E-state index is 11.2. The number of aromatic nitrogens is 2. The van der Waals surface area contributed by atoms with Crippen molar-refractivity contribution in [1.29, 1.82) is 0 Å². The molecule has 1 aromatic rings. The lowest BCUT2D eigenvalue weighted by molar-refractivity contribution is -0.120. The van der Waals surface area contributed by atoms with Crippen LogP contribution in [0.25, 0.3) is 0 Å². The van der Waals surface area contributed by atoms with Crippen LogP contribution in [0.15, 0.2) is 4.42 Å². The minimum atomic E-state index is -0.0405. The Morgan fingerprint density at radius 1 is 1.47 bits per heavy atom. The van der Waals surface area contributed by atoms with Gasteiger partial charge in [0.1, 0.15) is 0 Å². The predicted molar refractivity (Wildman–Crippen MR) is 54.0 cm³/mol. The zero-order valence-corrected chi connectivity index (χ0v) is 9.20. The van der Waals surface area contributed by atoms with Crippen LogP contribution in [0, 0.1) is 6.92 Å². The number of amides is 1. The molecule has 1 amide bonds. The molecule has 1 heterocycles. The molecule has 84 valence electrons. The van der Waals surface area contributed by atoms with E-state index in [-0.39, 0.29) is 18.5 Å². The van der Waals surface area contributed by atoms with Crippen LogP contribution in [-0.4, -0.2) is 28.7 Å². The fourth-order valence-electron chi connectivity index (χ4n) is 1.06. The van der Waals surface area contributed by atoms with Crippen LogP contribution in [0.3, 0.4) is 0 Å². The molecule has 2 N–H and O–H groups in total. The van der Waals surface area contributed by atoms with Crippen molar-refractivity contribution in [1.82, 2.24) is 20.8 Å². The first kappa shape index (κ1) is 11.6. The quantitative estimate of drug-likeness (QED) is 0.717. The van der Waals surface area contributed by atoms with Crippen LogP contribution in [0.5, 0.6) is 0 Å². The summed E-state index contributed by atoms with van der Waals surface area (Å²) < 4.78 is 5.13. The van der Waals surface area contributed by atoms with Crippen LogP contribution in [0.2, 0.25) is 0 Å². The number of carbonyl (C=O) groups excluding carboxylic acids is 1. The summed E-state index contributed by atoms with van der Waals surface area (Å²) in [5, 5.41) is 13.1. The molecule has 0 fully saturated rings. The Hall–Kier alpha value is -1.43. The standard InChI is InChI=1S/C9H16N4O2/c1-6(2)11-8(14)4-10-5-9-13-12-7(3)15-9/h6,10H,4-5H2,1-3H3,(H,11,14). The number of hydrogen-bond acceptors (Lipinski definition) is 5. The van der Waals surface area contributed by atoms with E-state index in [0.717, 1.165) is 0 Å². The third kappa shape index (κ3) is 4.55. The van der Waals surface area contributed by atoms with Gasteiger partial charge >= 0.3 is 0 Å². The van der Waals surface area contributed by atoms with E-state index in [9.17, 15) is 4.79 Å². The van der Waals surface area contributed by atoms with Gasteiger partial charge in [-0.2, -0.15) is 0 Å². The van der Waals surface area contributed by atoms with Crippen molar-refractivity contribution >= 4 is 5.91 Å². The van der Waals surface area contributed by atoms with E-state index in [1.54, 1.807) is 6.92 Å². The normalized spacial score (nSPS) is 10.7. The Bertz CT molecular complexity index is 322. The first-order valence-electron chi connectivity index (χ1n) is 4.87. The van der Waals surface area contributed by atoms with Crippen LogP contribution >= 0.6 is 0 Å². The van der Waals surface area contributed by atoms with Gasteiger partial charge in [-0.05, 0) is 13.8 Å². The van der Waals surface area contributed by atoms with Gasteiger partial charge in [-0.25, -0.2) is 0 Å². The summed E-state index contributed by atoms with van der Waals surface area (Å²) in [6.07, 6.45) is 0. The monoisotopic (exact) mass is 212 g/mol. The van der Waals surface area contributed by atoms with Gasteiger partial charge in [-0.3, -0.25) is 10.1 Å². The predicted octanol–water partition coefficient (Wildman–Crippen LogP) is -0.00778. The summed E-state index contributed by atoms with van der Waals surface area (Å²) in [5.74, 6) is 0.976. The van der Waals surface area contributed by atoms with Crippen molar-refractivity contribution in [3.8, 4) is 0 Å². The SMILES string of the molecule is Cc1nnc(CNCC(=O)NC(C)C)o1. The lowest BCUT2D eigenvalue weighted by Crippen LogP contribution is -2.37. The Labute approximate surface area is 88.4 Å². The van der Waals surface area contributed by atoms with Crippen LogP contribution in [0.4, 0.5) is 0 Å².